The van der Waals surface area contributed by atoms with Crippen LogP contribution in [0.15, 0.2) is 23.1 Å². The zero-order valence-electron chi connectivity index (χ0n) is 11.7. The fourth-order valence-corrected chi connectivity index (χ4v) is 3.19. The summed E-state index contributed by atoms with van der Waals surface area (Å²) in [4.78, 5) is -0.640. The number of hydrogen-bond acceptors (Lipinski definition) is 3. The molecule has 0 aliphatic rings. The topological polar surface area (TPSA) is 66.4 Å². The maximum absolute atomic E-state index is 13.5. The first kappa shape index (κ1) is 17.0. The Morgan fingerprint density at radius 1 is 1.35 bits per heavy atom. The van der Waals surface area contributed by atoms with E-state index in [0.717, 1.165) is 12.1 Å². The lowest BCUT2D eigenvalue weighted by Gasteiger charge is -2.25. The number of aliphatic hydroxyl groups is 1. The molecule has 0 bridgehead atoms. The summed E-state index contributed by atoms with van der Waals surface area (Å²) in [5, 5.41) is 10.0. The zero-order valence-corrected chi connectivity index (χ0v) is 12.5. The Hall–Kier alpha value is -1.05. The van der Waals surface area contributed by atoms with Crippen LogP contribution in [0.5, 0.6) is 0 Å². The Balaban J connectivity index is 2.85. The van der Waals surface area contributed by atoms with Gasteiger partial charge in [-0.1, -0.05) is 13.8 Å². The van der Waals surface area contributed by atoms with Crippen LogP contribution in [-0.4, -0.2) is 25.7 Å². The van der Waals surface area contributed by atoms with E-state index < -0.39 is 32.2 Å². The van der Waals surface area contributed by atoms with Crippen LogP contribution < -0.4 is 4.72 Å². The molecule has 1 atom stereocenters. The molecule has 1 rings (SSSR count). The molecule has 7 heteroatoms. The van der Waals surface area contributed by atoms with Crippen molar-refractivity contribution >= 4 is 10.0 Å². The first-order valence-corrected chi connectivity index (χ1v) is 7.69. The fourth-order valence-electron chi connectivity index (χ4n) is 1.97. The van der Waals surface area contributed by atoms with Crippen molar-refractivity contribution in [1.29, 1.82) is 0 Å². The van der Waals surface area contributed by atoms with E-state index in [-0.39, 0.29) is 12.5 Å². The van der Waals surface area contributed by atoms with Crippen molar-refractivity contribution in [2.45, 2.75) is 37.7 Å². The van der Waals surface area contributed by atoms with Crippen molar-refractivity contribution in [1.82, 2.24) is 4.72 Å². The lowest BCUT2D eigenvalue weighted by molar-refractivity contribution is 0.0436. The molecule has 1 aromatic rings. The number of nitrogens with one attached hydrogen (secondary N) is 1. The minimum Gasteiger partial charge on any atom is -0.389 e. The quantitative estimate of drug-likeness (QED) is 0.845. The first-order chi connectivity index (χ1) is 9.03. The minimum atomic E-state index is -4.13. The van der Waals surface area contributed by atoms with E-state index >= 15 is 0 Å². The van der Waals surface area contributed by atoms with E-state index in [1.165, 1.54) is 6.92 Å². The van der Waals surface area contributed by atoms with E-state index in [9.17, 15) is 22.3 Å². The Morgan fingerprint density at radius 2 is 1.95 bits per heavy atom. The number of rotatable bonds is 6. The molecule has 2 N–H and O–H groups in total. The third-order valence-corrected chi connectivity index (χ3v) is 4.11. The Morgan fingerprint density at radius 3 is 2.45 bits per heavy atom. The third-order valence-electron chi connectivity index (χ3n) is 2.67. The number of hydrogen-bond donors (Lipinski definition) is 2. The highest BCUT2D eigenvalue weighted by Crippen LogP contribution is 2.18. The molecular weight excluding hydrogens is 288 g/mol. The van der Waals surface area contributed by atoms with Gasteiger partial charge in [0.1, 0.15) is 16.5 Å². The number of halogens is 2. The van der Waals surface area contributed by atoms with Crippen LogP contribution in [0, 0.1) is 17.6 Å². The summed E-state index contributed by atoms with van der Waals surface area (Å²) in [7, 11) is -4.13. The highest BCUT2D eigenvalue weighted by Gasteiger charge is 2.26. The smallest absolute Gasteiger partial charge is 0.243 e. The van der Waals surface area contributed by atoms with Gasteiger partial charge >= 0.3 is 0 Å². The van der Waals surface area contributed by atoms with Gasteiger partial charge in [-0.3, -0.25) is 0 Å². The molecule has 0 spiro atoms. The van der Waals surface area contributed by atoms with Crippen LogP contribution >= 0.6 is 0 Å². The number of sulfonamides is 1. The van der Waals surface area contributed by atoms with Crippen LogP contribution in [0.25, 0.3) is 0 Å². The van der Waals surface area contributed by atoms with Gasteiger partial charge in [0.05, 0.1) is 5.60 Å². The van der Waals surface area contributed by atoms with Gasteiger partial charge in [0.15, 0.2) is 0 Å². The van der Waals surface area contributed by atoms with Crippen molar-refractivity contribution in [3.8, 4) is 0 Å². The SMILES string of the molecule is CC(C)CC(C)(O)CNS(=O)(=O)c1ccc(F)cc1F. The van der Waals surface area contributed by atoms with Gasteiger partial charge in [0.2, 0.25) is 10.0 Å². The predicted molar refractivity (Wildman–Crippen MR) is 71.6 cm³/mol. The van der Waals surface area contributed by atoms with Crippen LogP contribution in [0.3, 0.4) is 0 Å². The zero-order chi connectivity index (χ0) is 15.6. The minimum absolute atomic E-state index is 0.178. The van der Waals surface area contributed by atoms with Crippen LogP contribution in [-0.2, 0) is 10.0 Å². The van der Waals surface area contributed by atoms with Crippen molar-refractivity contribution in [2.75, 3.05) is 6.54 Å². The monoisotopic (exact) mass is 307 g/mol. The lowest BCUT2D eigenvalue weighted by Crippen LogP contribution is -2.41. The summed E-state index contributed by atoms with van der Waals surface area (Å²) in [6, 6.07) is 2.22. The van der Waals surface area contributed by atoms with Crippen LogP contribution in [0.4, 0.5) is 8.78 Å². The molecule has 0 aliphatic carbocycles. The van der Waals surface area contributed by atoms with Gasteiger partial charge in [-0.2, -0.15) is 0 Å². The van der Waals surface area contributed by atoms with Crippen molar-refractivity contribution in [3.05, 3.63) is 29.8 Å². The van der Waals surface area contributed by atoms with Gasteiger partial charge in [-0.25, -0.2) is 21.9 Å². The Labute approximate surface area is 117 Å². The van der Waals surface area contributed by atoms with E-state index in [1.807, 2.05) is 13.8 Å². The summed E-state index contributed by atoms with van der Waals surface area (Å²) >= 11 is 0. The summed E-state index contributed by atoms with van der Waals surface area (Å²) in [6.45, 7) is 5.03. The van der Waals surface area contributed by atoms with E-state index in [4.69, 9.17) is 0 Å². The molecule has 114 valence electrons. The van der Waals surface area contributed by atoms with Crippen LogP contribution in [0.2, 0.25) is 0 Å². The lowest BCUT2D eigenvalue weighted by atomic mass is 9.95. The molecule has 0 heterocycles. The second-order valence-electron chi connectivity index (χ2n) is 5.49. The summed E-state index contributed by atoms with van der Waals surface area (Å²) in [5.41, 5.74) is -1.24. The van der Waals surface area contributed by atoms with E-state index in [1.54, 1.807) is 0 Å². The molecule has 4 nitrogen and oxygen atoms in total. The van der Waals surface area contributed by atoms with E-state index in [2.05, 4.69) is 4.72 Å². The van der Waals surface area contributed by atoms with Crippen LogP contribution in [0.1, 0.15) is 27.2 Å². The van der Waals surface area contributed by atoms with Gasteiger partial charge in [0, 0.05) is 12.6 Å². The average Bonchev–Trinajstić information content (AvgIpc) is 2.24. The molecular formula is C13H19F2NO3S. The number of benzene rings is 1. The second-order valence-corrected chi connectivity index (χ2v) is 7.23. The Kier molecular flexibility index (Phi) is 5.23. The van der Waals surface area contributed by atoms with Gasteiger partial charge in [0.25, 0.3) is 0 Å². The molecule has 20 heavy (non-hydrogen) atoms. The summed E-state index contributed by atoms with van der Waals surface area (Å²) in [5.74, 6) is -1.84. The van der Waals surface area contributed by atoms with Gasteiger partial charge in [-0.15, -0.1) is 0 Å². The van der Waals surface area contributed by atoms with Gasteiger partial charge in [-0.05, 0) is 31.4 Å². The van der Waals surface area contributed by atoms with Gasteiger partial charge < -0.3 is 5.11 Å². The molecule has 0 aliphatic heterocycles. The van der Waals surface area contributed by atoms with Crippen molar-refractivity contribution in [2.24, 2.45) is 5.92 Å². The predicted octanol–water partition coefficient (Wildman–Crippen LogP) is 2.04. The summed E-state index contributed by atoms with van der Waals surface area (Å²) < 4.78 is 52.2. The molecule has 0 radical (unpaired) electrons. The molecule has 1 aromatic carbocycles. The average molecular weight is 307 g/mol. The molecule has 1 unspecified atom stereocenters. The summed E-state index contributed by atoms with van der Waals surface area (Å²) in [6.07, 6.45) is 0.390. The Bertz CT molecular complexity index is 571. The van der Waals surface area contributed by atoms with Crippen molar-refractivity contribution < 1.29 is 22.3 Å². The maximum Gasteiger partial charge on any atom is 0.243 e. The molecule has 0 saturated carbocycles. The van der Waals surface area contributed by atoms with E-state index in [0.29, 0.717) is 12.5 Å². The van der Waals surface area contributed by atoms with Crippen molar-refractivity contribution in [3.63, 3.8) is 0 Å². The molecule has 0 fully saturated rings. The largest absolute Gasteiger partial charge is 0.389 e. The third kappa shape index (κ3) is 4.81. The second kappa shape index (κ2) is 6.15. The fraction of sp³-hybridized carbons (Fsp3) is 0.538. The highest BCUT2D eigenvalue weighted by molar-refractivity contribution is 7.89. The molecule has 0 aromatic heterocycles. The highest BCUT2D eigenvalue weighted by atomic mass is 32.2. The first-order valence-electron chi connectivity index (χ1n) is 6.20. The molecule has 0 saturated heterocycles. The normalized spacial score (nSPS) is 15.3. The molecule has 0 amide bonds. The maximum atomic E-state index is 13.5. The standard InChI is InChI=1S/C13H19F2NO3S/c1-9(2)7-13(3,17)8-16-20(18,19)12-5-4-10(14)6-11(12)15/h4-6,9,16-17H,7-8H2,1-3H3.